The Morgan fingerprint density at radius 3 is 2.95 bits per heavy atom. The average molecular weight is 276 g/mol. The highest BCUT2D eigenvalue weighted by Crippen LogP contribution is 2.17. The van der Waals surface area contributed by atoms with Gasteiger partial charge >= 0.3 is 5.97 Å². The maximum Gasteiger partial charge on any atom is 0.320 e. The number of aliphatic carboxylic acids is 1. The summed E-state index contributed by atoms with van der Waals surface area (Å²) in [7, 11) is 0. The summed E-state index contributed by atoms with van der Waals surface area (Å²) in [5, 5.41) is 11.9. The molecule has 1 fully saturated rings. The van der Waals surface area contributed by atoms with Crippen molar-refractivity contribution in [3.8, 4) is 0 Å². The maximum atomic E-state index is 12.0. The molecule has 0 unspecified atom stereocenters. The van der Waals surface area contributed by atoms with Gasteiger partial charge in [-0.3, -0.25) is 14.5 Å². The first kappa shape index (κ1) is 14.5. The quantitative estimate of drug-likeness (QED) is 0.859. The van der Waals surface area contributed by atoms with Crippen molar-refractivity contribution in [1.82, 2.24) is 4.90 Å². The van der Waals surface area contributed by atoms with Crippen molar-refractivity contribution in [1.29, 1.82) is 0 Å². The predicted octanol–water partition coefficient (Wildman–Crippen LogP) is 1.74. The number of likely N-dealkylation sites (tertiary alicyclic amines) is 1. The molecule has 0 aliphatic carbocycles. The summed E-state index contributed by atoms with van der Waals surface area (Å²) in [5.74, 6) is -1.00. The van der Waals surface area contributed by atoms with Gasteiger partial charge in [-0.05, 0) is 43.5 Å². The molecule has 1 aromatic rings. The van der Waals surface area contributed by atoms with Gasteiger partial charge in [-0.15, -0.1) is 0 Å². The van der Waals surface area contributed by atoms with E-state index in [1.54, 1.807) is 4.90 Å². The number of carboxylic acids is 1. The summed E-state index contributed by atoms with van der Waals surface area (Å²) in [5.41, 5.74) is 1.92. The van der Waals surface area contributed by atoms with Crippen LogP contribution in [0.25, 0.3) is 0 Å². The summed E-state index contributed by atoms with van der Waals surface area (Å²) in [6, 6.07) is 7.18. The van der Waals surface area contributed by atoms with E-state index in [1.165, 1.54) is 0 Å². The molecule has 108 valence electrons. The number of carbonyl (C=O) groups excluding carboxylic acids is 1. The zero-order valence-electron chi connectivity index (χ0n) is 11.6. The Hall–Kier alpha value is -1.88. The normalized spacial score (nSPS) is 18.9. The number of carboxylic acid groups (broad SMARTS) is 1. The molecule has 1 amide bonds. The SMILES string of the molecule is CCc1cccc(NC(=O)CN2CCC[C@@H]2C(=O)O)c1. The second-order valence-corrected chi connectivity index (χ2v) is 5.07. The Morgan fingerprint density at radius 1 is 1.45 bits per heavy atom. The summed E-state index contributed by atoms with van der Waals surface area (Å²) < 4.78 is 0. The summed E-state index contributed by atoms with van der Waals surface area (Å²) in [6.45, 7) is 2.86. The van der Waals surface area contributed by atoms with Crippen LogP contribution in [0.2, 0.25) is 0 Å². The number of hydrogen-bond donors (Lipinski definition) is 2. The number of benzene rings is 1. The van der Waals surface area contributed by atoms with E-state index >= 15 is 0 Å². The van der Waals surface area contributed by atoms with E-state index in [0.29, 0.717) is 13.0 Å². The monoisotopic (exact) mass is 276 g/mol. The second-order valence-electron chi connectivity index (χ2n) is 5.07. The predicted molar refractivity (Wildman–Crippen MR) is 76.7 cm³/mol. The minimum absolute atomic E-state index is 0.132. The summed E-state index contributed by atoms with van der Waals surface area (Å²) >= 11 is 0. The van der Waals surface area contributed by atoms with E-state index in [1.807, 2.05) is 24.3 Å². The van der Waals surface area contributed by atoms with Gasteiger partial charge in [0.05, 0.1) is 6.54 Å². The smallest absolute Gasteiger partial charge is 0.320 e. The van der Waals surface area contributed by atoms with Crippen LogP contribution in [0, 0.1) is 0 Å². The Kier molecular flexibility index (Phi) is 4.74. The first-order valence-corrected chi connectivity index (χ1v) is 6.96. The minimum Gasteiger partial charge on any atom is -0.480 e. The number of hydrogen-bond acceptors (Lipinski definition) is 3. The van der Waals surface area contributed by atoms with Gasteiger partial charge < -0.3 is 10.4 Å². The first-order chi connectivity index (χ1) is 9.60. The zero-order chi connectivity index (χ0) is 14.5. The molecule has 1 heterocycles. The van der Waals surface area contributed by atoms with Crippen LogP contribution in [-0.4, -0.2) is 41.0 Å². The van der Waals surface area contributed by atoms with E-state index < -0.39 is 12.0 Å². The van der Waals surface area contributed by atoms with Gasteiger partial charge in [-0.1, -0.05) is 19.1 Å². The lowest BCUT2D eigenvalue weighted by atomic mass is 10.1. The molecule has 2 N–H and O–H groups in total. The van der Waals surface area contributed by atoms with Gasteiger partial charge in [-0.2, -0.15) is 0 Å². The Morgan fingerprint density at radius 2 is 2.25 bits per heavy atom. The fraction of sp³-hybridized carbons (Fsp3) is 0.467. The molecule has 0 aromatic heterocycles. The molecule has 1 atom stereocenters. The van der Waals surface area contributed by atoms with Crippen molar-refractivity contribution < 1.29 is 14.7 Å². The van der Waals surface area contributed by atoms with E-state index in [9.17, 15) is 9.59 Å². The largest absolute Gasteiger partial charge is 0.480 e. The van der Waals surface area contributed by atoms with Crippen LogP contribution in [0.4, 0.5) is 5.69 Å². The molecule has 5 nitrogen and oxygen atoms in total. The number of anilines is 1. The van der Waals surface area contributed by atoms with E-state index in [0.717, 1.165) is 24.1 Å². The first-order valence-electron chi connectivity index (χ1n) is 6.96. The fourth-order valence-electron chi connectivity index (χ4n) is 2.55. The van der Waals surface area contributed by atoms with Gasteiger partial charge in [0.25, 0.3) is 0 Å². The molecule has 1 aromatic carbocycles. The Labute approximate surface area is 118 Å². The van der Waals surface area contributed by atoms with E-state index in [4.69, 9.17) is 5.11 Å². The molecular weight excluding hydrogens is 256 g/mol. The average Bonchev–Trinajstić information content (AvgIpc) is 2.87. The third kappa shape index (κ3) is 3.57. The topological polar surface area (TPSA) is 69.6 Å². The number of carbonyl (C=O) groups is 2. The van der Waals surface area contributed by atoms with Gasteiger partial charge in [-0.25, -0.2) is 0 Å². The van der Waals surface area contributed by atoms with Gasteiger partial charge in [0.15, 0.2) is 0 Å². The molecular formula is C15H20N2O3. The van der Waals surface area contributed by atoms with Crippen LogP contribution in [0.1, 0.15) is 25.3 Å². The van der Waals surface area contributed by atoms with Crippen LogP contribution in [0.15, 0.2) is 24.3 Å². The lowest BCUT2D eigenvalue weighted by Crippen LogP contribution is -2.40. The Balaban J connectivity index is 1.93. The summed E-state index contributed by atoms with van der Waals surface area (Å²) in [6.07, 6.45) is 2.36. The van der Waals surface area contributed by atoms with Crippen molar-refractivity contribution in [2.75, 3.05) is 18.4 Å². The molecule has 0 saturated carbocycles. The number of amides is 1. The van der Waals surface area contributed by atoms with Gasteiger partial charge in [0.2, 0.25) is 5.91 Å². The van der Waals surface area contributed by atoms with Crippen LogP contribution in [0.5, 0.6) is 0 Å². The molecule has 0 bridgehead atoms. The lowest BCUT2D eigenvalue weighted by molar-refractivity contribution is -0.142. The van der Waals surface area contributed by atoms with Crippen LogP contribution >= 0.6 is 0 Å². The fourth-order valence-corrected chi connectivity index (χ4v) is 2.55. The molecule has 0 spiro atoms. The van der Waals surface area contributed by atoms with Crippen molar-refractivity contribution in [2.24, 2.45) is 0 Å². The molecule has 20 heavy (non-hydrogen) atoms. The van der Waals surface area contributed by atoms with Crippen LogP contribution in [0.3, 0.4) is 0 Å². The number of nitrogens with zero attached hydrogens (tertiary/aromatic N) is 1. The van der Waals surface area contributed by atoms with Crippen LogP contribution < -0.4 is 5.32 Å². The molecule has 1 saturated heterocycles. The van der Waals surface area contributed by atoms with Gasteiger partial charge in [0.1, 0.15) is 6.04 Å². The zero-order valence-corrected chi connectivity index (χ0v) is 11.6. The third-order valence-corrected chi connectivity index (χ3v) is 3.61. The van der Waals surface area contributed by atoms with Crippen molar-refractivity contribution in [3.05, 3.63) is 29.8 Å². The second kappa shape index (κ2) is 6.52. The van der Waals surface area contributed by atoms with Gasteiger partial charge in [0, 0.05) is 5.69 Å². The van der Waals surface area contributed by atoms with Crippen LogP contribution in [-0.2, 0) is 16.0 Å². The highest BCUT2D eigenvalue weighted by atomic mass is 16.4. The van der Waals surface area contributed by atoms with Crippen molar-refractivity contribution >= 4 is 17.6 Å². The minimum atomic E-state index is -0.844. The third-order valence-electron chi connectivity index (χ3n) is 3.61. The molecule has 1 aliphatic rings. The van der Waals surface area contributed by atoms with E-state index in [2.05, 4.69) is 12.2 Å². The molecule has 0 radical (unpaired) electrons. The van der Waals surface area contributed by atoms with Crippen molar-refractivity contribution in [3.63, 3.8) is 0 Å². The van der Waals surface area contributed by atoms with E-state index in [-0.39, 0.29) is 12.5 Å². The standard InChI is InChI=1S/C15H20N2O3/c1-2-11-5-3-6-12(9-11)16-14(18)10-17-8-4-7-13(17)15(19)20/h3,5-6,9,13H,2,4,7-8,10H2,1H3,(H,16,18)(H,19,20)/t13-/m1/s1. The number of nitrogens with one attached hydrogen (secondary N) is 1. The lowest BCUT2D eigenvalue weighted by Gasteiger charge is -2.20. The number of aryl methyl sites for hydroxylation is 1. The summed E-state index contributed by atoms with van der Waals surface area (Å²) in [4.78, 5) is 24.8. The highest BCUT2D eigenvalue weighted by molar-refractivity contribution is 5.92. The maximum absolute atomic E-state index is 12.0. The number of rotatable bonds is 5. The van der Waals surface area contributed by atoms with Crippen molar-refractivity contribution in [2.45, 2.75) is 32.2 Å². The molecule has 1 aliphatic heterocycles. The molecule has 5 heteroatoms. The Bertz CT molecular complexity index is 502. The molecule has 2 rings (SSSR count). The highest BCUT2D eigenvalue weighted by Gasteiger charge is 2.31.